The first kappa shape index (κ1) is 23.4. The predicted molar refractivity (Wildman–Crippen MR) is 144 cm³/mol. The Morgan fingerprint density at radius 3 is 2.54 bits per heavy atom. The number of aryl methyl sites for hydroxylation is 1. The summed E-state index contributed by atoms with van der Waals surface area (Å²) in [5, 5.41) is 3.12. The van der Waals surface area contributed by atoms with Gasteiger partial charge in [-0.3, -0.25) is 9.69 Å². The van der Waals surface area contributed by atoms with E-state index in [2.05, 4.69) is 48.3 Å². The van der Waals surface area contributed by atoms with Gasteiger partial charge in [0.1, 0.15) is 5.75 Å². The number of urea groups is 1. The fraction of sp³-hybridized carbons (Fsp3) is 0.333. The van der Waals surface area contributed by atoms with Crippen LogP contribution in [0.5, 0.6) is 5.75 Å². The standard InChI is InChI=1S/C30H32N4O3/c1-20-7-6-8-24(17-20)33-16-15-32(19-21(33)2)28(35)22-11-13-23(14-12-22)34-29(36)31-26-18-30(34,3)37-27-10-5-4-9-25(26)27/h4-14,17,21,26H,15-16,18-19H2,1-3H3,(H,31,36)/t21-,26-,30+/m0/s1. The second kappa shape index (κ2) is 8.83. The lowest BCUT2D eigenvalue weighted by molar-refractivity contribution is 0.0379. The average Bonchev–Trinajstić information content (AvgIpc) is 2.88. The van der Waals surface area contributed by atoms with Crippen LogP contribution in [-0.4, -0.2) is 48.2 Å². The summed E-state index contributed by atoms with van der Waals surface area (Å²) in [6.45, 7) is 8.33. The molecule has 7 nitrogen and oxygen atoms in total. The molecule has 7 heteroatoms. The molecule has 3 aliphatic rings. The Labute approximate surface area is 217 Å². The Morgan fingerprint density at radius 1 is 1.00 bits per heavy atom. The molecule has 2 saturated heterocycles. The Morgan fingerprint density at radius 2 is 1.78 bits per heavy atom. The van der Waals surface area contributed by atoms with Crippen molar-refractivity contribution in [3.8, 4) is 5.75 Å². The van der Waals surface area contributed by atoms with Crippen LogP contribution in [0.15, 0.2) is 72.8 Å². The number of carbonyl (C=O) groups is 2. The van der Waals surface area contributed by atoms with Crippen molar-refractivity contribution < 1.29 is 14.3 Å². The summed E-state index contributed by atoms with van der Waals surface area (Å²) in [6, 6.07) is 23.6. The quantitative estimate of drug-likeness (QED) is 0.547. The van der Waals surface area contributed by atoms with Gasteiger partial charge in [-0.2, -0.15) is 0 Å². The van der Waals surface area contributed by atoms with Crippen LogP contribution >= 0.6 is 0 Å². The lowest BCUT2D eigenvalue weighted by Gasteiger charge is -2.50. The van der Waals surface area contributed by atoms with Gasteiger partial charge >= 0.3 is 6.03 Å². The number of amides is 3. The molecule has 1 N–H and O–H groups in total. The molecule has 2 bridgehead atoms. The zero-order valence-corrected chi connectivity index (χ0v) is 21.5. The lowest BCUT2D eigenvalue weighted by Crippen LogP contribution is -2.65. The number of anilines is 2. The zero-order chi connectivity index (χ0) is 25.7. The topological polar surface area (TPSA) is 65.1 Å². The Balaban J connectivity index is 1.18. The minimum Gasteiger partial charge on any atom is -0.467 e. The fourth-order valence-corrected chi connectivity index (χ4v) is 5.98. The summed E-state index contributed by atoms with van der Waals surface area (Å²) in [5.41, 5.74) is 3.95. The molecule has 0 saturated carbocycles. The summed E-state index contributed by atoms with van der Waals surface area (Å²) in [5.74, 6) is 0.802. The molecule has 3 aliphatic heterocycles. The van der Waals surface area contributed by atoms with Crippen molar-refractivity contribution in [2.24, 2.45) is 0 Å². The molecular formula is C30H32N4O3. The van der Waals surface area contributed by atoms with Crippen LogP contribution in [0.25, 0.3) is 0 Å². The first-order valence-corrected chi connectivity index (χ1v) is 12.9. The van der Waals surface area contributed by atoms with E-state index in [0.717, 1.165) is 17.9 Å². The number of rotatable bonds is 3. The van der Waals surface area contributed by atoms with Gasteiger partial charge in [0.2, 0.25) is 0 Å². The van der Waals surface area contributed by atoms with Gasteiger partial charge in [0, 0.05) is 54.6 Å². The third kappa shape index (κ3) is 4.08. The summed E-state index contributed by atoms with van der Waals surface area (Å²) < 4.78 is 6.35. The minimum atomic E-state index is -0.811. The van der Waals surface area contributed by atoms with Crippen molar-refractivity contribution in [1.82, 2.24) is 10.2 Å². The maximum Gasteiger partial charge on any atom is 0.325 e. The number of benzene rings is 3. The van der Waals surface area contributed by atoms with E-state index < -0.39 is 5.72 Å². The SMILES string of the molecule is Cc1cccc(N2CCN(C(=O)c3ccc(N4C(=O)N[C@H]5C[C@@]4(C)Oc4ccccc45)cc3)C[C@@H]2C)c1. The van der Waals surface area contributed by atoms with Crippen molar-refractivity contribution in [2.45, 2.75) is 45.0 Å². The van der Waals surface area contributed by atoms with Crippen molar-refractivity contribution in [3.05, 3.63) is 89.5 Å². The number of carbonyl (C=O) groups excluding carboxylic acids is 2. The molecule has 0 radical (unpaired) electrons. The molecule has 0 spiro atoms. The van der Waals surface area contributed by atoms with E-state index in [9.17, 15) is 9.59 Å². The molecule has 0 unspecified atom stereocenters. The summed E-state index contributed by atoms with van der Waals surface area (Å²) >= 11 is 0. The van der Waals surface area contributed by atoms with Crippen LogP contribution in [0.2, 0.25) is 0 Å². The smallest absolute Gasteiger partial charge is 0.325 e. The Bertz CT molecular complexity index is 1360. The summed E-state index contributed by atoms with van der Waals surface area (Å²) in [6.07, 6.45) is 0.638. The van der Waals surface area contributed by atoms with Gasteiger partial charge in [0.25, 0.3) is 5.91 Å². The minimum absolute atomic E-state index is 0.0134. The maximum atomic E-state index is 13.4. The van der Waals surface area contributed by atoms with E-state index in [4.69, 9.17) is 4.74 Å². The maximum absolute atomic E-state index is 13.4. The lowest BCUT2D eigenvalue weighted by atomic mass is 9.90. The number of ether oxygens (including phenoxy) is 1. The van der Waals surface area contributed by atoms with Gasteiger partial charge in [-0.15, -0.1) is 0 Å². The normalized spacial score (nSPS) is 24.7. The number of fused-ring (bicyclic) bond motifs is 4. The van der Waals surface area contributed by atoms with E-state index in [1.807, 2.05) is 60.4 Å². The predicted octanol–water partition coefficient (Wildman–Crippen LogP) is 5.12. The highest BCUT2D eigenvalue weighted by Gasteiger charge is 2.49. The van der Waals surface area contributed by atoms with Gasteiger partial charge in [-0.05, 0) is 68.8 Å². The molecule has 0 aromatic heterocycles. The molecule has 3 aromatic carbocycles. The zero-order valence-electron chi connectivity index (χ0n) is 21.5. The van der Waals surface area contributed by atoms with Crippen LogP contribution in [-0.2, 0) is 0 Å². The van der Waals surface area contributed by atoms with E-state index in [-0.39, 0.29) is 24.0 Å². The van der Waals surface area contributed by atoms with Gasteiger partial charge in [-0.1, -0.05) is 30.3 Å². The second-order valence-electron chi connectivity index (χ2n) is 10.5. The molecule has 3 atom stereocenters. The van der Waals surface area contributed by atoms with E-state index in [1.165, 1.54) is 11.3 Å². The van der Waals surface area contributed by atoms with Crippen molar-refractivity contribution >= 4 is 23.3 Å². The summed E-state index contributed by atoms with van der Waals surface area (Å²) in [4.78, 5) is 32.5. The molecule has 3 aromatic rings. The van der Waals surface area contributed by atoms with Gasteiger partial charge in [-0.25, -0.2) is 4.79 Å². The Hall–Kier alpha value is -4.00. The largest absolute Gasteiger partial charge is 0.467 e. The summed E-state index contributed by atoms with van der Waals surface area (Å²) in [7, 11) is 0. The molecule has 6 rings (SSSR count). The molecule has 0 aliphatic carbocycles. The monoisotopic (exact) mass is 496 g/mol. The second-order valence-corrected chi connectivity index (χ2v) is 10.5. The number of hydrogen-bond donors (Lipinski definition) is 1. The first-order valence-electron chi connectivity index (χ1n) is 12.9. The Kier molecular flexibility index (Phi) is 5.59. The highest BCUT2D eigenvalue weighted by Crippen LogP contribution is 2.45. The molecule has 37 heavy (non-hydrogen) atoms. The van der Waals surface area contributed by atoms with E-state index in [1.54, 1.807) is 4.90 Å². The molecule has 3 heterocycles. The van der Waals surface area contributed by atoms with Crippen LogP contribution < -0.4 is 19.9 Å². The average molecular weight is 497 g/mol. The number of piperazine rings is 1. The third-order valence-electron chi connectivity index (χ3n) is 7.80. The van der Waals surface area contributed by atoms with E-state index >= 15 is 0 Å². The van der Waals surface area contributed by atoms with Crippen LogP contribution in [0.1, 0.15) is 47.8 Å². The number of hydrogen-bond acceptors (Lipinski definition) is 4. The highest BCUT2D eigenvalue weighted by atomic mass is 16.5. The van der Waals surface area contributed by atoms with Crippen molar-refractivity contribution in [1.29, 1.82) is 0 Å². The number of nitrogens with one attached hydrogen (secondary N) is 1. The van der Waals surface area contributed by atoms with Crippen LogP contribution in [0.3, 0.4) is 0 Å². The van der Waals surface area contributed by atoms with Crippen LogP contribution in [0.4, 0.5) is 16.2 Å². The molecule has 3 amide bonds. The highest BCUT2D eigenvalue weighted by molar-refractivity contribution is 5.97. The van der Waals surface area contributed by atoms with Gasteiger partial charge in [0.05, 0.1) is 6.04 Å². The van der Waals surface area contributed by atoms with Gasteiger partial charge < -0.3 is 19.9 Å². The number of nitrogens with zero attached hydrogens (tertiary/aromatic N) is 3. The molecule has 2 fully saturated rings. The fourth-order valence-electron chi connectivity index (χ4n) is 5.98. The van der Waals surface area contributed by atoms with Crippen molar-refractivity contribution in [2.75, 3.05) is 29.4 Å². The molecule has 190 valence electrons. The van der Waals surface area contributed by atoms with Crippen molar-refractivity contribution in [3.63, 3.8) is 0 Å². The van der Waals surface area contributed by atoms with Crippen LogP contribution in [0, 0.1) is 6.92 Å². The van der Waals surface area contributed by atoms with E-state index in [0.29, 0.717) is 30.8 Å². The number of para-hydroxylation sites is 1. The molecular weight excluding hydrogens is 464 g/mol. The first-order chi connectivity index (χ1) is 17.8. The third-order valence-corrected chi connectivity index (χ3v) is 7.80. The van der Waals surface area contributed by atoms with Gasteiger partial charge in [0.15, 0.2) is 5.72 Å².